The molecule has 4 aromatic rings. The zero-order valence-corrected chi connectivity index (χ0v) is 51.2. The van der Waals surface area contributed by atoms with Crippen molar-refractivity contribution in [2.75, 3.05) is 13.6 Å². The molecule has 0 aliphatic rings. The Morgan fingerprint density at radius 2 is 0.767 bits per heavy atom. The highest BCUT2D eigenvalue weighted by atomic mass is 16.6. The normalized spacial score (nSPS) is 10.6. The molecule has 2 atom stereocenters. The van der Waals surface area contributed by atoms with E-state index in [4.69, 9.17) is 59.4 Å². The zero-order valence-electron chi connectivity index (χ0n) is 51.2. The molecule has 0 fully saturated rings. The Labute approximate surface area is 533 Å². The summed E-state index contributed by atoms with van der Waals surface area (Å²) in [6, 6.07) is 25.6. The second kappa shape index (κ2) is 58.4. The van der Waals surface area contributed by atoms with E-state index in [9.17, 15) is 28.8 Å². The van der Waals surface area contributed by atoms with Crippen molar-refractivity contribution in [2.45, 2.75) is 221 Å². The third kappa shape index (κ3) is 44.2. The molecule has 0 unspecified atom stereocenters. The number of allylic oxidation sites excluding steroid dienone is 1. The minimum atomic E-state index is -0.750. The summed E-state index contributed by atoms with van der Waals surface area (Å²) < 4.78 is 31.8. The van der Waals surface area contributed by atoms with E-state index in [-0.39, 0.29) is 50.9 Å². The van der Waals surface area contributed by atoms with Crippen molar-refractivity contribution >= 4 is 47.4 Å². The third-order valence-electron chi connectivity index (χ3n) is 13.3. The molecule has 4 aromatic carbocycles. The van der Waals surface area contributed by atoms with Gasteiger partial charge in [0.15, 0.2) is 0 Å². The van der Waals surface area contributed by atoms with Crippen molar-refractivity contribution in [1.82, 2.24) is 0 Å². The lowest BCUT2D eigenvalue weighted by molar-refractivity contribution is -0.135. The number of isocyanates is 2. The highest BCUT2D eigenvalue weighted by Crippen LogP contribution is 2.23. The number of esters is 4. The minimum Gasteiger partial charge on any atom is -0.459 e. The van der Waals surface area contributed by atoms with Crippen molar-refractivity contribution in [3.8, 4) is 35.5 Å². The molecule has 0 amide bonds. The second-order valence-electron chi connectivity index (χ2n) is 20.2. The van der Waals surface area contributed by atoms with Gasteiger partial charge in [-0.3, -0.25) is 9.59 Å². The SMILES string of the molecule is C.C.CCCCCC[C@H](C/C=C\CCCCCCCC(=O)Oc1ccc(N=C=O)cc1)OC(=O)c1ccc(OC#N)cc1.CCCCCC[C@H](CCCCCCCCCCC(=O)Oc1ccc(N=C=O)cc1)OC(=O)c1ccc(OC#N)cc1.OCO.OCO. The molecule has 0 spiro atoms. The summed E-state index contributed by atoms with van der Waals surface area (Å²) in [6.07, 6.45) is 37.5. The molecule has 0 aliphatic carbocycles. The Morgan fingerprint density at radius 3 is 1.13 bits per heavy atom. The maximum absolute atomic E-state index is 12.7. The monoisotopic (exact) mass is 1250 g/mol. The van der Waals surface area contributed by atoms with Crippen molar-refractivity contribution < 1.29 is 77.6 Å². The predicted molar refractivity (Wildman–Crippen MR) is 345 cm³/mol. The van der Waals surface area contributed by atoms with Crippen LogP contribution in [0.2, 0.25) is 0 Å². The molecule has 20 heteroatoms. The Bertz CT molecular complexity index is 2690. The number of carbonyl (C=O) groups excluding carboxylic acids is 6. The Balaban J connectivity index is 0. The van der Waals surface area contributed by atoms with E-state index in [1.807, 2.05) is 0 Å². The Morgan fingerprint density at radius 1 is 0.444 bits per heavy atom. The van der Waals surface area contributed by atoms with Gasteiger partial charge >= 0.3 is 23.9 Å². The minimum absolute atomic E-state index is 0. The van der Waals surface area contributed by atoms with Gasteiger partial charge in [0, 0.05) is 19.3 Å². The van der Waals surface area contributed by atoms with E-state index in [0.29, 0.717) is 64.8 Å². The fourth-order valence-corrected chi connectivity index (χ4v) is 8.72. The fourth-order valence-electron chi connectivity index (χ4n) is 8.72. The van der Waals surface area contributed by atoms with Gasteiger partial charge in [0.05, 0.1) is 22.5 Å². The molecule has 90 heavy (non-hydrogen) atoms. The summed E-state index contributed by atoms with van der Waals surface area (Å²) >= 11 is 0. The summed E-state index contributed by atoms with van der Waals surface area (Å²) in [4.78, 5) is 76.9. The maximum Gasteiger partial charge on any atom is 0.338 e. The predicted octanol–water partition coefficient (Wildman–Crippen LogP) is 15.9. The molecule has 4 N–H and O–H groups in total. The number of hydrogen-bond donors (Lipinski definition) is 4. The first kappa shape index (κ1) is 83.7. The molecular formula is C70H98N4O16. The lowest BCUT2D eigenvalue weighted by Gasteiger charge is -2.18. The van der Waals surface area contributed by atoms with Crippen LogP contribution in [0.4, 0.5) is 11.4 Å². The molecule has 0 saturated carbocycles. The number of hydrogen-bond acceptors (Lipinski definition) is 20. The highest BCUT2D eigenvalue weighted by molar-refractivity contribution is 5.90. The number of ether oxygens (including phenoxy) is 6. The molecule has 0 saturated heterocycles. The number of aliphatic hydroxyl groups excluding tert-OH is 2. The van der Waals surface area contributed by atoms with E-state index in [0.717, 1.165) is 141 Å². The third-order valence-corrected chi connectivity index (χ3v) is 13.3. The number of aliphatic hydroxyl groups is 4. The van der Waals surface area contributed by atoms with Gasteiger partial charge in [-0.2, -0.15) is 9.98 Å². The lowest BCUT2D eigenvalue weighted by atomic mass is 10.0. The maximum atomic E-state index is 12.7. The van der Waals surface area contributed by atoms with Crippen molar-refractivity contribution in [1.29, 1.82) is 10.5 Å². The highest BCUT2D eigenvalue weighted by Gasteiger charge is 2.18. The number of unbranched alkanes of at least 4 members (excludes halogenated alkanes) is 18. The van der Waals surface area contributed by atoms with Gasteiger partial charge in [-0.15, -0.1) is 10.5 Å². The van der Waals surface area contributed by atoms with Crippen LogP contribution in [0.3, 0.4) is 0 Å². The number of rotatable bonds is 41. The van der Waals surface area contributed by atoms with Crippen LogP contribution in [0.1, 0.15) is 229 Å². The summed E-state index contributed by atoms with van der Waals surface area (Å²) in [5.41, 5.74) is 1.83. The van der Waals surface area contributed by atoms with Crippen molar-refractivity contribution in [2.24, 2.45) is 9.98 Å². The first-order valence-electron chi connectivity index (χ1n) is 30.5. The fraction of sp³-hybridized carbons (Fsp3) is 0.514. The number of carbonyl (C=O) groups is 4. The molecule has 0 aliphatic heterocycles. The first-order valence-corrected chi connectivity index (χ1v) is 30.5. The van der Waals surface area contributed by atoms with E-state index in [1.54, 1.807) is 110 Å². The van der Waals surface area contributed by atoms with Crippen LogP contribution in [0, 0.1) is 23.0 Å². The molecule has 0 aromatic heterocycles. The Hall–Kier alpha value is -8.32. The summed E-state index contributed by atoms with van der Waals surface area (Å²) in [5.74, 6) is 0.435. The average molecular weight is 1250 g/mol. The number of benzene rings is 4. The van der Waals surface area contributed by atoms with Gasteiger partial charge in [-0.1, -0.05) is 137 Å². The average Bonchev–Trinajstić information content (AvgIpc) is 2.50. The second-order valence-corrected chi connectivity index (χ2v) is 20.2. The Kier molecular flexibility index (Phi) is 54.3. The number of nitriles is 2. The lowest BCUT2D eigenvalue weighted by Crippen LogP contribution is -2.18. The van der Waals surface area contributed by atoms with Crippen LogP contribution < -0.4 is 18.9 Å². The molecule has 0 radical (unpaired) electrons. The van der Waals surface area contributed by atoms with Crippen LogP contribution in [0.15, 0.2) is 119 Å². The van der Waals surface area contributed by atoms with Gasteiger partial charge < -0.3 is 48.8 Å². The van der Waals surface area contributed by atoms with Crippen molar-refractivity contribution in [3.05, 3.63) is 120 Å². The molecule has 4 rings (SSSR count). The van der Waals surface area contributed by atoms with Crippen LogP contribution in [-0.2, 0) is 28.7 Å². The van der Waals surface area contributed by atoms with E-state index < -0.39 is 13.6 Å². The smallest absolute Gasteiger partial charge is 0.338 e. The van der Waals surface area contributed by atoms with Crippen LogP contribution in [-0.4, -0.2) is 82.3 Å². The standard InChI is InChI=1S/C33H42N2O6.C33H40N2O6.2CH4O2.2CH4/c2*1-2-3-4-11-14-30(41-33(38)27-17-21-29(22-18-27)39-25-34)15-12-9-7-5-6-8-10-13-16-32(37)40-31-23-19-28(20-24-31)35-26-36;2*2-1-3;;/h17-24,30H,2-16H2,1H3;9,12,17-24,30H,2-8,10-11,13-16H2,1H3;2*2-3H,1H2;2*1H4/b;12-9-;;;;/t2*30-;;;;/m11..../s1. The van der Waals surface area contributed by atoms with Crippen LogP contribution in [0.25, 0.3) is 0 Å². The molecule has 0 bridgehead atoms. The van der Waals surface area contributed by atoms with E-state index in [1.165, 1.54) is 31.4 Å². The van der Waals surface area contributed by atoms with Gasteiger partial charge in [0.25, 0.3) is 12.5 Å². The number of nitrogens with zero attached hydrogens (tertiary/aromatic N) is 4. The van der Waals surface area contributed by atoms with E-state index in [2.05, 4.69) is 36.0 Å². The van der Waals surface area contributed by atoms with Gasteiger partial charge in [-0.05, 0) is 161 Å². The molecular weight excluding hydrogens is 1150 g/mol. The molecule has 20 nitrogen and oxygen atoms in total. The summed E-state index contributed by atoms with van der Waals surface area (Å²) in [5, 5.41) is 45.7. The van der Waals surface area contributed by atoms with Crippen LogP contribution >= 0.6 is 0 Å². The molecule has 494 valence electrons. The largest absolute Gasteiger partial charge is 0.459 e. The van der Waals surface area contributed by atoms with Crippen LogP contribution in [0.5, 0.6) is 23.0 Å². The quantitative estimate of drug-likeness (QED) is 0.00469. The van der Waals surface area contributed by atoms with Gasteiger partial charge in [0.2, 0.25) is 12.2 Å². The summed E-state index contributed by atoms with van der Waals surface area (Å²) in [7, 11) is 0. The van der Waals surface area contributed by atoms with Gasteiger partial charge in [0.1, 0.15) is 48.8 Å². The molecule has 0 heterocycles. The summed E-state index contributed by atoms with van der Waals surface area (Å²) in [6.45, 7) is 2.85. The zero-order chi connectivity index (χ0) is 64.5. The van der Waals surface area contributed by atoms with Crippen molar-refractivity contribution in [3.63, 3.8) is 0 Å². The first-order chi connectivity index (χ1) is 42.9. The topological polar surface area (TPSA) is 311 Å². The number of aliphatic imine (C=N–C) groups is 2. The van der Waals surface area contributed by atoms with E-state index >= 15 is 0 Å². The van der Waals surface area contributed by atoms with Gasteiger partial charge in [-0.25, -0.2) is 19.2 Å².